The third-order valence-corrected chi connectivity index (χ3v) is 5.15. The summed E-state index contributed by atoms with van der Waals surface area (Å²) in [6.45, 7) is 2.76. The molecule has 0 atom stereocenters. The van der Waals surface area contributed by atoms with E-state index < -0.39 is 0 Å². The fourth-order valence-corrected chi connectivity index (χ4v) is 3.43. The van der Waals surface area contributed by atoms with Crippen LogP contribution in [0.25, 0.3) is 16.6 Å². The van der Waals surface area contributed by atoms with Gasteiger partial charge in [0.05, 0.1) is 23.3 Å². The molecule has 0 saturated carbocycles. The minimum Gasteiger partial charge on any atom is -0.356 e. The Labute approximate surface area is 179 Å². The van der Waals surface area contributed by atoms with Crippen molar-refractivity contribution in [2.75, 3.05) is 6.54 Å². The highest BCUT2D eigenvalue weighted by Gasteiger charge is 2.09. The Morgan fingerprint density at radius 2 is 1.84 bits per heavy atom. The summed E-state index contributed by atoms with van der Waals surface area (Å²) in [5.41, 5.74) is 3.50. The Kier molecular flexibility index (Phi) is 6.16. The van der Waals surface area contributed by atoms with Crippen molar-refractivity contribution in [1.29, 1.82) is 0 Å². The van der Waals surface area contributed by atoms with Gasteiger partial charge in [0.2, 0.25) is 5.91 Å². The number of benzene rings is 2. The van der Waals surface area contributed by atoms with Crippen LogP contribution in [-0.2, 0) is 17.8 Å². The SMILES string of the molecule is Cc1nn(-c2ccccc2)cc1CCCNC(=O)CCn1nnc2ccccc2c1=O. The number of rotatable bonds is 8. The van der Waals surface area contributed by atoms with E-state index in [0.29, 0.717) is 17.4 Å². The van der Waals surface area contributed by atoms with Gasteiger partial charge in [-0.15, -0.1) is 5.10 Å². The lowest BCUT2D eigenvalue weighted by atomic mass is 10.1. The molecular formula is C23H24N6O2. The van der Waals surface area contributed by atoms with Crippen LogP contribution in [0.5, 0.6) is 0 Å². The van der Waals surface area contributed by atoms with Crippen molar-refractivity contribution in [3.05, 3.63) is 82.4 Å². The molecule has 2 heterocycles. The number of hydrogen-bond donors (Lipinski definition) is 1. The largest absolute Gasteiger partial charge is 0.356 e. The molecule has 158 valence electrons. The minimum atomic E-state index is -0.232. The molecule has 0 spiro atoms. The lowest BCUT2D eigenvalue weighted by Gasteiger charge is -2.06. The Balaban J connectivity index is 1.25. The average Bonchev–Trinajstić information content (AvgIpc) is 3.17. The van der Waals surface area contributed by atoms with Gasteiger partial charge >= 0.3 is 0 Å². The van der Waals surface area contributed by atoms with Crippen LogP contribution in [0.3, 0.4) is 0 Å². The van der Waals surface area contributed by atoms with Crippen molar-refractivity contribution in [3.63, 3.8) is 0 Å². The van der Waals surface area contributed by atoms with Crippen LogP contribution in [0.1, 0.15) is 24.1 Å². The van der Waals surface area contributed by atoms with Crippen molar-refractivity contribution >= 4 is 16.8 Å². The quantitative estimate of drug-likeness (QED) is 0.445. The smallest absolute Gasteiger partial charge is 0.277 e. The van der Waals surface area contributed by atoms with Gasteiger partial charge in [-0.1, -0.05) is 35.5 Å². The molecule has 1 N–H and O–H groups in total. The molecule has 31 heavy (non-hydrogen) atoms. The van der Waals surface area contributed by atoms with Crippen LogP contribution < -0.4 is 10.9 Å². The van der Waals surface area contributed by atoms with Crippen LogP contribution in [0.2, 0.25) is 0 Å². The van der Waals surface area contributed by atoms with Gasteiger partial charge in [0.25, 0.3) is 5.56 Å². The standard InChI is InChI=1S/C23H24N6O2/c1-17-18(16-29(26-17)19-9-3-2-4-10-19)8-7-14-24-22(30)13-15-28-23(31)20-11-5-6-12-21(20)25-27-28/h2-6,9-12,16H,7-8,13-15H2,1H3,(H,24,30). The van der Waals surface area contributed by atoms with Gasteiger partial charge in [-0.05, 0) is 49.6 Å². The molecule has 0 unspecified atom stereocenters. The van der Waals surface area contributed by atoms with Crippen molar-refractivity contribution in [1.82, 2.24) is 30.1 Å². The minimum absolute atomic E-state index is 0.112. The van der Waals surface area contributed by atoms with Crippen LogP contribution in [0.4, 0.5) is 0 Å². The summed E-state index contributed by atoms with van der Waals surface area (Å²) in [6, 6.07) is 17.0. The van der Waals surface area contributed by atoms with E-state index >= 15 is 0 Å². The number of nitrogens with zero attached hydrogens (tertiary/aromatic N) is 5. The summed E-state index contributed by atoms with van der Waals surface area (Å²) in [6.07, 6.45) is 3.85. The summed E-state index contributed by atoms with van der Waals surface area (Å²) in [4.78, 5) is 24.6. The fraction of sp³-hybridized carbons (Fsp3) is 0.261. The molecule has 1 amide bonds. The van der Waals surface area contributed by atoms with Crippen LogP contribution in [0.15, 0.2) is 65.6 Å². The zero-order valence-corrected chi connectivity index (χ0v) is 17.4. The Morgan fingerprint density at radius 1 is 1.06 bits per heavy atom. The number of carbonyl (C=O) groups is 1. The molecule has 0 bridgehead atoms. The first-order chi connectivity index (χ1) is 15.1. The van der Waals surface area contributed by atoms with E-state index in [1.165, 1.54) is 4.68 Å². The summed E-state index contributed by atoms with van der Waals surface area (Å²) in [5, 5.41) is 15.9. The van der Waals surface area contributed by atoms with E-state index in [2.05, 4.69) is 20.7 Å². The zero-order chi connectivity index (χ0) is 21.6. The Hall–Kier alpha value is -3.81. The monoisotopic (exact) mass is 416 g/mol. The zero-order valence-electron chi connectivity index (χ0n) is 17.4. The summed E-state index contributed by atoms with van der Waals surface area (Å²) < 4.78 is 3.12. The van der Waals surface area contributed by atoms with Gasteiger partial charge in [-0.2, -0.15) is 5.10 Å². The van der Waals surface area contributed by atoms with E-state index in [0.717, 1.165) is 29.8 Å². The first-order valence-electron chi connectivity index (χ1n) is 10.3. The second-order valence-electron chi connectivity index (χ2n) is 7.36. The number of para-hydroxylation sites is 1. The Bertz CT molecular complexity index is 1250. The predicted octanol–water partition coefficient (Wildman–Crippen LogP) is 2.42. The van der Waals surface area contributed by atoms with E-state index in [1.54, 1.807) is 18.2 Å². The summed E-state index contributed by atoms with van der Waals surface area (Å²) in [7, 11) is 0. The van der Waals surface area contributed by atoms with Crippen molar-refractivity contribution in [3.8, 4) is 5.69 Å². The maximum atomic E-state index is 12.4. The van der Waals surface area contributed by atoms with Gasteiger partial charge in [0.1, 0.15) is 5.52 Å². The molecule has 0 aliphatic carbocycles. The predicted molar refractivity (Wildman–Crippen MR) is 118 cm³/mol. The number of hydrogen-bond acceptors (Lipinski definition) is 5. The van der Waals surface area contributed by atoms with E-state index in [9.17, 15) is 9.59 Å². The van der Waals surface area contributed by atoms with Crippen molar-refractivity contribution in [2.45, 2.75) is 32.7 Å². The number of aromatic nitrogens is 5. The molecule has 4 aromatic rings. The van der Waals surface area contributed by atoms with Crippen LogP contribution >= 0.6 is 0 Å². The normalized spacial score (nSPS) is 11.0. The highest BCUT2D eigenvalue weighted by molar-refractivity contribution is 5.77. The van der Waals surface area contributed by atoms with Crippen LogP contribution in [-0.4, -0.2) is 37.2 Å². The van der Waals surface area contributed by atoms with Gasteiger partial charge in [0.15, 0.2) is 0 Å². The molecule has 8 heteroatoms. The molecule has 4 rings (SSSR count). The summed E-state index contributed by atoms with van der Waals surface area (Å²) >= 11 is 0. The molecule has 0 aliphatic rings. The number of aryl methyl sites for hydroxylation is 3. The molecule has 2 aromatic carbocycles. The molecule has 0 saturated heterocycles. The average molecular weight is 416 g/mol. The van der Waals surface area contributed by atoms with E-state index in [-0.39, 0.29) is 24.4 Å². The summed E-state index contributed by atoms with van der Waals surface area (Å²) in [5.74, 6) is -0.112. The molecule has 0 radical (unpaired) electrons. The lowest BCUT2D eigenvalue weighted by Crippen LogP contribution is -2.30. The third kappa shape index (κ3) is 4.85. The van der Waals surface area contributed by atoms with E-state index in [4.69, 9.17) is 0 Å². The topological polar surface area (TPSA) is 94.7 Å². The lowest BCUT2D eigenvalue weighted by molar-refractivity contribution is -0.121. The van der Waals surface area contributed by atoms with Gasteiger partial charge in [-0.3, -0.25) is 9.59 Å². The second kappa shape index (κ2) is 9.34. The maximum absolute atomic E-state index is 12.4. The number of nitrogens with one attached hydrogen (secondary N) is 1. The number of fused-ring (bicyclic) bond motifs is 1. The van der Waals surface area contributed by atoms with Gasteiger partial charge < -0.3 is 5.32 Å². The number of amides is 1. The van der Waals surface area contributed by atoms with Crippen molar-refractivity contribution in [2.24, 2.45) is 0 Å². The second-order valence-corrected chi connectivity index (χ2v) is 7.36. The Morgan fingerprint density at radius 3 is 2.68 bits per heavy atom. The third-order valence-electron chi connectivity index (χ3n) is 5.15. The van der Waals surface area contributed by atoms with E-state index in [1.807, 2.05) is 54.2 Å². The first kappa shape index (κ1) is 20.5. The molecule has 8 nitrogen and oxygen atoms in total. The number of carbonyl (C=O) groups excluding carboxylic acids is 1. The molecule has 0 fully saturated rings. The molecule has 2 aromatic heterocycles. The fourth-order valence-electron chi connectivity index (χ4n) is 3.43. The maximum Gasteiger partial charge on any atom is 0.277 e. The van der Waals surface area contributed by atoms with Gasteiger partial charge in [-0.25, -0.2) is 9.36 Å². The van der Waals surface area contributed by atoms with Crippen LogP contribution in [0, 0.1) is 6.92 Å². The van der Waals surface area contributed by atoms with Gasteiger partial charge in [0, 0.05) is 19.2 Å². The highest BCUT2D eigenvalue weighted by Crippen LogP contribution is 2.13. The molecule has 0 aliphatic heterocycles. The highest BCUT2D eigenvalue weighted by atomic mass is 16.2. The van der Waals surface area contributed by atoms with Crippen molar-refractivity contribution < 1.29 is 4.79 Å². The first-order valence-corrected chi connectivity index (χ1v) is 10.3. The molecular weight excluding hydrogens is 392 g/mol.